The van der Waals surface area contributed by atoms with Crippen LogP contribution in [0.3, 0.4) is 0 Å². The van der Waals surface area contributed by atoms with Gasteiger partial charge in [-0.15, -0.1) is 12.4 Å². The Labute approximate surface area is 127 Å². The molecule has 2 unspecified atom stereocenters. The van der Waals surface area contributed by atoms with E-state index in [4.69, 9.17) is 0 Å². The summed E-state index contributed by atoms with van der Waals surface area (Å²) in [6.07, 6.45) is 13.6. The zero-order valence-electron chi connectivity index (χ0n) is 13.3. The largest absolute Gasteiger partial charge is 0.392 e. The average Bonchev–Trinajstić information content (AvgIpc) is 2.35. The van der Waals surface area contributed by atoms with Gasteiger partial charge in [0, 0.05) is 6.04 Å². The van der Waals surface area contributed by atoms with Crippen molar-refractivity contribution >= 4 is 12.4 Å². The lowest BCUT2D eigenvalue weighted by Gasteiger charge is -2.16. The molecule has 0 aromatic rings. The van der Waals surface area contributed by atoms with E-state index in [0.29, 0.717) is 0 Å². The van der Waals surface area contributed by atoms with E-state index in [2.05, 4.69) is 12.2 Å². The van der Waals surface area contributed by atoms with Crippen molar-refractivity contribution in [1.82, 2.24) is 5.32 Å². The molecule has 0 aromatic heterocycles. The fourth-order valence-corrected chi connectivity index (χ4v) is 2.11. The molecule has 118 valence electrons. The smallest absolute Gasteiger partial charge is 0.0662 e. The zero-order valence-corrected chi connectivity index (χ0v) is 14.1. The average molecular weight is 294 g/mol. The van der Waals surface area contributed by atoms with Gasteiger partial charge in [0.2, 0.25) is 0 Å². The first-order chi connectivity index (χ1) is 8.68. The van der Waals surface area contributed by atoms with Crippen LogP contribution in [-0.4, -0.2) is 23.8 Å². The molecule has 0 aromatic carbocycles. The fourth-order valence-electron chi connectivity index (χ4n) is 2.11. The van der Waals surface area contributed by atoms with Crippen molar-refractivity contribution in [3.05, 3.63) is 0 Å². The normalized spacial score (nSPS) is 13.9. The Bertz CT molecular complexity index is 165. The third-order valence-corrected chi connectivity index (χ3v) is 3.72. The van der Waals surface area contributed by atoms with Crippen LogP contribution in [-0.2, 0) is 0 Å². The van der Waals surface area contributed by atoms with E-state index in [9.17, 15) is 5.11 Å². The SMILES string of the molecule is CCCCCCCCCCCCNC(C)C(C)O.Cl. The molecule has 0 fully saturated rings. The van der Waals surface area contributed by atoms with Crippen molar-refractivity contribution in [2.45, 2.75) is 97.1 Å². The molecule has 2 N–H and O–H groups in total. The van der Waals surface area contributed by atoms with Gasteiger partial charge in [0.15, 0.2) is 0 Å². The van der Waals surface area contributed by atoms with Gasteiger partial charge in [0.25, 0.3) is 0 Å². The van der Waals surface area contributed by atoms with Crippen molar-refractivity contribution in [1.29, 1.82) is 0 Å². The number of hydrogen-bond donors (Lipinski definition) is 2. The summed E-state index contributed by atoms with van der Waals surface area (Å²) in [7, 11) is 0. The Morgan fingerprint density at radius 1 is 0.789 bits per heavy atom. The van der Waals surface area contributed by atoms with Crippen molar-refractivity contribution in [3.8, 4) is 0 Å². The quantitative estimate of drug-likeness (QED) is 0.483. The fraction of sp³-hybridized carbons (Fsp3) is 1.00. The summed E-state index contributed by atoms with van der Waals surface area (Å²) in [5, 5.41) is 12.7. The maximum Gasteiger partial charge on any atom is 0.0662 e. The van der Waals surface area contributed by atoms with E-state index in [1.165, 1.54) is 64.2 Å². The van der Waals surface area contributed by atoms with Crippen LogP contribution in [0.25, 0.3) is 0 Å². The molecule has 0 saturated heterocycles. The van der Waals surface area contributed by atoms with Gasteiger partial charge in [0.05, 0.1) is 6.10 Å². The Morgan fingerprint density at radius 3 is 1.63 bits per heavy atom. The number of hydrogen-bond acceptors (Lipinski definition) is 2. The van der Waals surface area contributed by atoms with Gasteiger partial charge in [-0.05, 0) is 26.8 Å². The molecule has 0 bridgehead atoms. The van der Waals surface area contributed by atoms with E-state index in [1.807, 2.05) is 13.8 Å². The standard InChI is InChI=1S/C16H35NO.ClH/c1-4-5-6-7-8-9-10-11-12-13-14-17-15(2)16(3)18;/h15-18H,4-14H2,1-3H3;1H. The van der Waals surface area contributed by atoms with Gasteiger partial charge in [0.1, 0.15) is 0 Å². The zero-order chi connectivity index (χ0) is 13.6. The summed E-state index contributed by atoms with van der Waals surface area (Å²) in [5.41, 5.74) is 0. The second-order valence-corrected chi connectivity index (χ2v) is 5.67. The molecular formula is C16H36ClNO. The summed E-state index contributed by atoms with van der Waals surface area (Å²) < 4.78 is 0. The monoisotopic (exact) mass is 293 g/mol. The topological polar surface area (TPSA) is 32.3 Å². The van der Waals surface area contributed by atoms with E-state index in [1.54, 1.807) is 0 Å². The summed E-state index contributed by atoms with van der Waals surface area (Å²) >= 11 is 0. The molecule has 2 atom stereocenters. The lowest BCUT2D eigenvalue weighted by Crippen LogP contribution is -2.35. The molecule has 0 rings (SSSR count). The molecule has 0 amide bonds. The molecule has 19 heavy (non-hydrogen) atoms. The van der Waals surface area contributed by atoms with Gasteiger partial charge < -0.3 is 10.4 Å². The van der Waals surface area contributed by atoms with Crippen molar-refractivity contribution < 1.29 is 5.11 Å². The van der Waals surface area contributed by atoms with Crippen LogP contribution in [0.1, 0.15) is 85.0 Å². The first-order valence-electron chi connectivity index (χ1n) is 8.10. The number of nitrogens with one attached hydrogen (secondary N) is 1. The number of halogens is 1. The minimum atomic E-state index is -0.242. The Kier molecular flexibility index (Phi) is 18.4. The lowest BCUT2D eigenvalue weighted by molar-refractivity contribution is 0.152. The van der Waals surface area contributed by atoms with Crippen LogP contribution in [0.15, 0.2) is 0 Å². The van der Waals surface area contributed by atoms with Crippen LogP contribution in [0.2, 0.25) is 0 Å². The Morgan fingerprint density at radius 2 is 1.21 bits per heavy atom. The first-order valence-corrected chi connectivity index (χ1v) is 8.10. The van der Waals surface area contributed by atoms with E-state index in [-0.39, 0.29) is 24.6 Å². The van der Waals surface area contributed by atoms with Gasteiger partial charge in [-0.2, -0.15) is 0 Å². The van der Waals surface area contributed by atoms with Gasteiger partial charge in [-0.1, -0.05) is 64.7 Å². The van der Waals surface area contributed by atoms with Crippen LogP contribution >= 0.6 is 12.4 Å². The molecular weight excluding hydrogens is 258 g/mol. The first kappa shape index (κ1) is 21.5. The van der Waals surface area contributed by atoms with Gasteiger partial charge in [-0.25, -0.2) is 0 Å². The number of unbranched alkanes of at least 4 members (excludes halogenated alkanes) is 9. The summed E-state index contributed by atoms with van der Waals surface area (Å²) in [6.45, 7) is 7.20. The molecule has 0 aliphatic rings. The lowest BCUT2D eigenvalue weighted by atomic mass is 10.1. The molecule has 3 heteroatoms. The van der Waals surface area contributed by atoms with Crippen LogP contribution in [0.4, 0.5) is 0 Å². The summed E-state index contributed by atoms with van der Waals surface area (Å²) in [5.74, 6) is 0. The molecule has 0 heterocycles. The van der Waals surface area contributed by atoms with Crippen LogP contribution in [0.5, 0.6) is 0 Å². The summed E-state index contributed by atoms with van der Waals surface area (Å²) in [6, 6.07) is 0.226. The Hall–Kier alpha value is 0.210. The predicted octanol–water partition coefficient (Wildman–Crippen LogP) is 4.69. The number of rotatable bonds is 13. The second kappa shape index (κ2) is 16.3. The third-order valence-electron chi connectivity index (χ3n) is 3.72. The Balaban J connectivity index is 0. The van der Waals surface area contributed by atoms with Crippen molar-refractivity contribution in [2.24, 2.45) is 0 Å². The molecule has 0 aliphatic heterocycles. The minimum absolute atomic E-state index is 0. The summed E-state index contributed by atoms with van der Waals surface area (Å²) in [4.78, 5) is 0. The van der Waals surface area contributed by atoms with E-state index in [0.717, 1.165) is 6.54 Å². The number of aliphatic hydroxyl groups excluding tert-OH is 1. The van der Waals surface area contributed by atoms with Gasteiger partial charge in [-0.3, -0.25) is 0 Å². The molecule has 0 spiro atoms. The third kappa shape index (κ3) is 16.2. The molecule has 0 aliphatic carbocycles. The number of aliphatic hydroxyl groups is 1. The minimum Gasteiger partial charge on any atom is -0.392 e. The maximum atomic E-state index is 9.32. The van der Waals surface area contributed by atoms with E-state index >= 15 is 0 Å². The van der Waals surface area contributed by atoms with Crippen LogP contribution in [0, 0.1) is 0 Å². The molecule has 2 nitrogen and oxygen atoms in total. The molecule has 0 saturated carbocycles. The highest BCUT2D eigenvalue weighted by molar-refractivity contribution is 5.85. The highest BCUT2D eigenvalue weighted by atomic mass is 35.5. The van der Waals surface area contributed by atoms with Crippen molar-refractivity contribution in [2.75, 3.05) is 6.54 Å². The second-order valence-electron chi connectivity index (χ2n) is 5.67. The van der Waals surface area contributed by atoms with Gasteiger partial charge >= 0.3 is 0 Å². The van der Waals surface area contributed by atoms with Crippen molar-refractivity contribution in [3.63, 3.8) is 0 Å². The highest BCUT2D eigenvalue weighted by Crippen LogP contribution is 2.10. The predicted molar refractivity (Wildman–Crippen MR) is 88.2 cm³/mol. The van der Waals surface area contributed by atoms with E-state index < -0.39 is 0 Å². The highest BCUT2D eigenvalue weighted by Gasteiger charge is 2.05. The van der Waals surface area contributed by atoms with Crippen LogP contribution < -0.4 is 5.32 Å². The maximum absolute atomic E-state index is 9.32. The molecule has 0 radical (unpaired) electrons.